The van der Waals surface area contributed by atoms with Crippen molar-refractivity contribution in [3.63, 3.8) is 0 Å². The Kier molecular flexibility index (Phi) is 5.56. The van der Waals surface area contributed by atoms with Crippen molar-refractivity contribution in [3.8, 4) is 0 Å². The third-order valence-electron chi connectivity index (χ3n) is 5.55. The Morgan fingerprint density at radius 3 is 2.17 bits per heavy atom. The number of fused-ring (bicyclic) bond motifs is 1. The van der Waals surface area contributed by atoms with Crippen molar-refractivity contribution in [2.45, 2.75) is 25.3 Å². The highest BCUT2D eigenvalue weighted by Gasteiger charge is 2.35. The maximum Gasteiger partial charge on any atom is 0.261 e. The van der Waals surface area contributed by atoms with E-state index in [-0.39, 0.29) is 42.6 Å². The molecule has 0 saturated carbocycles. The van der Waals surface area contributed by atoms with Gasteiger partial charge in [-0.15, -0.1) is 0 Å². The summed E-state index contributed by atoms with van der Waals surface area (Å²) < 4.78 is 0. The van der Waals surface area contributed by atoms with Crippen molar-refractivity contribution >= 4 is 23.6 Å². The molecule has 3 heterocycles. The molecule has 0 radical (unpaired) electrons. The van der Waals surface area contributed by atoms with Crippen LogP contribution in [0.1, 0.15) is 50.3 Å². The fourth-order valence-corrected chi connectivity index (χ4v) is 3.85. The van der Waals surface area contributed by atoms with Crippen molar-refractivity contribution in [2.24, 2.45) is 0 Å². The Hall–Kier alpha value is -3.55. The van der Waals surface area contributed by atoms with Crippen molar-refractivity contribution < 1.29 is 19.2 Å². The maximum absolute atomic E-state index is 12.6. The number of benzene rings is 1. The van der Waals surface area contributed by atoms with Gasteiger partial charge in [-0.3, -0.25) is 29.1 Å². The molecule has 0 spiro atoms. The monoisotopic (exact) mass is 406 g/mol. The van der Waals surface area contributed by atoms with Gasteiger partial charge in [0.1, 0.15) is 0 Å². The van der Waals surface area contributed by atoms with Gasteiger partial charge < -0.3 is 10.2 Å². The van der Waals surface area contributed by atoms with Crippen molar-refractivity contribution in [2.75, 3.05) is 19.6 Å². The number of imide groups is 1. The number of aromatic nitrogens is 1. The summed E-state index contributed by atoms with van der Waals surface area (Å²) in [5.41, 5.74) is 1.34. The first kappa shape index (κ1) is 19.8. The molecule has 4 amide bonds. The zero-order valence-corrected chi connectivity index (χ0v) is 16.4. The maximum atomic E-state index is 12.6. The fraction of sp³-hybridized carbons (Fsp3) is 0.318. The number of likely N-dealkylation sites (tertiary alicyclic amines) is 1. The quantitative estimate of drug-likeness (QED) is 0.759. The number of piperidine rings is 1. The molecule has 1 aromatic carbocycles. The highest BCUT2D eigenvalue weighted by molar-refractivity contribution is 6.21. The molecule has 154 valence electrons. The van der Waals surface area contributed by atoms with E-state index in [4.69, 9.17) is 0 Å². The van der Waals surface area contributed by atoms with Gasteiger partial charge in [0.2, 0.25) is 5.91 Å². The van der Waals surface area contributed by atoms with E-state index in [1.807, 2.05) is 0 Å². The normalized spacial score (nSPS) is 16.5. The van der Waals surface area contributed by atoms with Crippen LogP contribution >= 0.6 is 0 Å². The molecular formula is C22H22N4O4. The van der Waals surface area contributed by atoms with Crippen LogP contribution in [0.2, 0.25) is 0 Å². The van der Waals surface area contributed by atoms with E-state index in [1.165, 1.54) is 0 Å². The van der Waals surface area contributed by atoms with Crippen LogP contribution in [0.3, 0.4) is 0 Å². The number of nitrogens with zero attached hydrogens (tertiary/aromatic N) is 3. The summed E-state index contributed by atoms with van der Waals surface area (Å²) in [5, 5.41) is 2.99. The second-order valence-corrected chi connectivity index (χ2v) is 7.42. The lowest BCUT2D eigenvalue weighted by atomic mass is 10.0. The summed E-state index contributed by atoms with van der Waals surface area (Å²) in [4.78, 5) is 56.4. The van der Waals surface area contributed by atoms with Gasteiger partial charge in [-0.1, -0.05) is 12.1 Å². The van der Waals surface area contributed by atoms with Crippen LogP contribution in [0.4, 0.5) is 0 Å². The van der Waals surface area contributed by atoms with Crippen LogP contribution in [-0.2, 0) is 4.79 Å². The Morgan fingerprint density at radius 1 is 0.967 bits per heavy atom. The Labute approximate surface area is 173 Å². The Bertz CT molecular complexity index is 949. The van der Waals surface area contributed by atoms with E-state index in [9.17, 15) is 19.2 Å². The SMILES string of the molecule is O=C(NC1CCN(C(=O)CCN2C(=O)c3ccccc3C2=O)CC1)c1ccncc1. The molecule has 1 saturated heterocycles. The molecule has 0 unspecified atom stereocenters. The molecule has 4 rings (SSSR count). The largest absolute Gasteiger partial charge is 0.349 e. The number of carbonyl (C=O) groups is 4. The van der Waals surface area contributed by atoms with Crippen LogP contribution in [0, 0.1) is 0 Å². The minimum absolute atomic E-state index is 0.00551. The highest BCUT2D eigenvalue weighted by atomic mass is 16.2. The predicted molar refractivity (Wildman–Crippen MR) is 108 cm³/mol. The summed E-state index contributed by atoms with van der Waals surface area (Å²) in [6.45, 7) is 1.13. The van der Waals surface area contributed by atoms with Gasteiger partial charge in [0.15, 0.2) is 0 Å². The number of rotatable bonds is 5. The third kappa shape index (κ3) is 3.94. The average molecular weight is 406 g/mol. The fourth-order valence-electron chi connectivity index (χ4n) is 3.85. The molecular weight excluding hydrogens is 384 g/mol. The molecule has 0 atom stereocenters. The van der Waals surface area contributed by atoms with Crippen LogP contribution in [0.5, 0.6) is 0 Å². The van der Waals surface area contributed by atoms with Gasteiger partial charge in [0, 0.05) is 50.1 Å². The van der Waals surface area contributed by atoms with Gasteiger partial charge in [-0.05, 0) is 37.1 Å². The molecule has 1 fully saturated rings. The standard InChI is InChI=1S/C22H22N4O4/c27-19(9-14-26-21(29)17-3-1-2-4-18(17)22(26)30)25-12-7-16(8-13-25)24-20(28)15-5-10-23-11-6-15/h1-6,10-11,16H,7-9,12-14H2,(H,24,28). The number of carbonyl (C=O) groups excluding carboxylic acids is 4. The summed E-state index contributed by atoms with van der Waals surface area (Å²) in [6.07, 6.45) is 4.57. The predicted octanol–water partition coefficient (Wildman–Crippen LogP) is 1.49. The molecule has 2 aliphatic rings. The van der Waals surface area contributed by atoms with Crippen molar-refractivity contribution in [3.05, 3.63) is 65.5 Å². The topological polar surface area (TPSA) is 99.7 Å². The van der Waals surface area contributed by atoms with Crippen LogP contribution in [-0.4, -0.2) is 64.1 Å². The highest BCUT2D eigenvalue weighted by Crippen LogP contribution is 2.22. The lowest BCUT2D eigenvalue weighted by Gasteiger charge is -2.32. The second kappa shape index (κ2) is 8.44. The van der Waals surface area contributed by atoms with Crippen molar-refractivity contribution in [1.82, 2.24) is 20.1 Å². The number of pyridine rings is 1. The summed E-state index contributed by atoms with van der Waals surface area (Å²) >= 11 is 0. The molecule has 30 heavy (non-hydrogen) atoms. The molecule has 8 nitrogen and oxygen atoms in total. The van der Waals surface area contributed by atoms with E-state index in [2.05, 4.69) is 10.3 Å². The van der Waals surface area contributed by atoms with Gasteiger partial charge in [0.05, 0.1) is 11.1 Å². The number of amides is 4. The van der Waals surface area contributed by atoms with Crippen molar-refractivity contribution in [1.29, 1.82) is 0 Å². The zero-order valence-electron chi connectivity index (χ0n) is 16.4. The summed E-state index contributed by atoms with van der Waals surface area (Å²) in [7, 11) is 0. The van der Waals surface area contributed by atoms with Gasteiger partial charge in [-0.25, -0.2) is 0 Å². The average Bonchev–Trinajstić information content (AvgIpc) is 3.03. The lowest BCUT2D eigenvalue weighted by molar-refractivity contribution is -0.132. The molecule has 0 bridgehead atoms. The lowest BCUT2D eigenvalue weighted by Crippen LogP contribution is -2.47. The second-order valence-electron chi connectivity index (χ2n) is 7.42. The Morgan fingerprint density at radius 2 is 1.57 bits per heavy atom. The summed E-state index contributed by atoms with van der Waals surface area (Å²) in [6, 6.07) is 10.0. The molecule has 8 heteroatoms. The number of nitrogens with one attached hydrogen (secondary N) is 1. The van der Waals surface area contributed by atoms with E-state index in [1.54, 1.807) is 53.7 Å². The minimum atomic E-state index is -0.346. The van der Waals surface area contributed by atoms with E-state index < -0.39 is 0 Å². The van der Waals surface area contributed by atoms with E-state index in [0.717, 1.165) is 4.90 Å². The Balaban J connectivity index is 1.25. The minimum Gasteiger partial charge on any atom is -0.349 e. The smallest absolute Gasteiger partial charge is 0.261 e. The third-order valence-corrected chi connectivity index (χ3v) is 5.55. The molecule has 2 aliphatic heterocycles. The first-order chi connectivity index (χ1) is 14.5. The van der Waals surface area contributed by atoms with Gasteiger partial charge >= 0.3 is 0 Å². The van der Waals surface area contributed by atoms with E-state index in [0.29, 0.717) is 42.6 Å². The number of hydrogen-bond acceptors (Lipinski definition) is 5. The number of hydrogen-bond donors (Lipinski definition) is 1. The first-order valence-electron chi connectivity index (χ1n) is 9.98. The van der Waals surface area contributed by atoms with Crippen LogP contribution < -0.4 is 5.32 Å². The molecule has 1 aromatic heterocycles. The molecule has 2 aromatic rings. The van der Waals surface area contributed by atoms with Crippen LogP contribution in [0.25, 0.3) is 0 Å². The van der Waals surface area contributed by atoms with Gasteiger partial charge in [0.25, 0.3) is 17.7 Å². The summed E-state index contributed by atoms with van der Waals surface area (Å²) in [5.74, 6) is -0.930. The zero-order chi connectivity index (χ0) is 21.1. The van der Waals surface area contributed by atoms with Gasteiger partial charge in [-0.2, -0.15) is 0 Å². The van der Waals surface area contributed by atoms with Crippen LogP contribution in [0.15, 0.2) is 48.8 Å². The molecule has 1 N–H and O–H groups in total. The first-order valence-corrected chi connectivity index (χ1v) is 9.98. The van der Waals surface area contributed by atoms with E-state index >= 15 is 0 Å². The molecule has 0 aliphatic carbocycles.